The van der Waals surface area contributed by atoms with Crippen molar-refractivity contribution in [2.45, 2.75) is 31.6 Å². The highest BCUT2D eigenvalue weighted by Crippen LogP contribution is 2.45. The summed E-state index contributed by atoms with van der Waals surface area (Å²) in [5, 5.41) is 4.03. The van der Waals surface area contributed by atoms with Gasteiger partial charge >= 0.3 is 5.97 Å². The summed E-state index contributed by atoms with van der Waals surface area (Å²) in [6.07, 6.45) is 1.05. The van der Waals surface area contributed by atoms with Crippen LogP contribution < -0.4 is 5.32 Å². The first kappa shape index (κ1) is 23.7. The van der Waals surface area contributed by atoms with Crippen LogP contribution in [0.3, 0.4) is 0 Å². The number of halogens is 2. The molecule has 0 amide bonds. The van der Waals surface area contributed by atoms with Crippen LogP contribution in [0.25, 0.3) is 0 Å². The van der Waals surface area contributed by atoms with Crippen LogP contribution in [0.4, 0.5) is 0 Å². The maximum Gasteiger partial charge on any atom is 0.336 e. The first-order valence-electron chi connectivity index (χ1n) is 10.8. The van der Waals surface area contributed by atoms with Gasteiger partial charge in [0.1, 0.15) is 6.61 Å². The molecule has 2 aliphatic rings. The fourth-order valence-corrected chi connectivity index (χ4v) is 4.95. The molecule has 0 radical (unpaired) electrons. The molecule has 0 bridgehead atoms. The summed E-state index contributed by atoms with van der Waals surface area (Å²) in [5.41, 5.74) is 4.63. The Morgan fingerprint density at radius 2 is 1.73 bits per heavy atom. The molecule has 172 valence electrons. The number of ether oxygens (including phenoxy) is 2. The van der Waals surface area contributed by atoms with Gasteiger partial charge in [-0.1, -0.05) is 51.8 Å². The highest BCUT2D eigenvalue weighted by Gasteiger charge is 2.41. The molecule has 0 fully saturated rings. The maximum absolute atomic E-state index is 13.5. The quantitative estimate of drug-likeness (QED) is 0.386. The average Bonchev–Trinajstić information content (AvgIpc) is 2.79. The van der Waals surface area contributed by atoms with E-state index in [1.165, 1.54) is 0 Å². The number of allylic oxidation sites excluding steroid dienone is 3. The van der Waals surface area contributed by atoms with Gasteiger partial charge in [0, 0.05) is 45.9 Å². The highest BCUT2D eigenvalue weighted by atomic mass is 79.9. The van der Waals surface area contributed by atoms with Crippen LogP contribution >= 0.6 is 27.5 Å². The van der Waals surface area contributed by atoms with E-state index in [1.807, 2.05) is 55.5 Å². The molecule has 2 atom stereocenters. The van der Waals surface area contributed by atoms with E-state index in [4.69, 9.17) is 21.1 Å². The van der Waals surface area contributed by atoms with Crippen molar-refractivity contribution in [1.82, 2.24) is 5.32 Å². The zero-order chi connectivity index (χ0) is 23.5. The van der Waals surface area contributed by atoms with Crippen molar-refractivity contribution in [2.24, 2.45) is 0 Å². The molecule has 4 rings (SSSR count). The van der Waals surface area contributed by atoms with Crippen LogP contribution in [0.5, 0.6) is 0 Å². The second-order valence-corrected chi connectivity index (χ2v) is 9.60. The zero-order valence-electron chi connectivity index (χ0n) is 18.5. The predicted octanol–water partition coefficient (Wildman–Crippen LogP) is 5.65. The van der Waals surface area contributed by atoms with Gasteiger partial charge in [0.25, 0.3) is 0 Å². The lowest BCUT2D eigenvalue weighted by molar-refractivity contribution is -0.140. The number of rotatable bonds is 6. The third-order valence-electron chi connectivity index (χ3n) is 6.11. The van der Waals surface area contributed by atoms with Gasteiger partial charge in [-0.25, -0.2) is 4.79 Å². The summed E-state index contributed by atoms with van der Waals surface area (Å²) >= 11 is 9.52. The van der Waals surface area contributed by atoms with Gasteiger partial charge < -0.3 is 14.8 Å². The molecule has 1 N–H and O–H groups in total. The molecule has 5 nitrogen and oxygen atoms in total. The number of Topliss-reactive ketones (excluding diaryl/α,β-unsaturated/α-hetero) is 1. The molecule has 0 unspecified atom stereocenters. The second-order valence-electron chi connectivity index (χ2n) is 8.25. The summed E-state index contributed by atoms with van der Waals surface area (Å²) in [4.78, 5) is 26.6. The third kappa shape index (κ3) is 5.08. The van der Waals surface area contributed by atoms with Crippen LogP contribution in [0.15, 0.2) is 75.5 Å². The Hall–Kier alpha value is -2.41. The van der Waals surface area contributed by atoms with Crippen LogP contribution in [0.2, 0.25) is 5.02 Å². The van der Waals surface area contributed by atoms with E-state index in [2.05, 4.69) is 21.2 Å². The Labute approximate surface area is 206 Å². The molecule has 1 aliphatic heterocycles. The van der Waals surface area contributed by atoms with E-state index in [0.29, 0.717) is 41.3 Å². The molecular formula is C26H25BrClNO4. The predicted molar refractivity (Wildman–Crippen MR) is 131 cm³/mol. The Bertz CT molecular complexity index is 1120. The summed E-state index contributed by atoms with van der Waals surface area (Å²) < 4.78 is 11.4. The molecule has 2 aromatic rings. The first-order valence-corrected chi connectivity index (χ1v) is 12.0. The van der Waals surface area contributed by atoms with Crippen LogP contribution in [0.1, 0.15) is 42.7 Å². The van der Waals surface area contributed by atoms with Crippen molar-refractivity contribution in [1.29, 1.82) is 0 Å². The third-order valence-corrected chi connectivity index (χ3v) is 6.89. The first-order chi connectivity index (χ1) is 15.9. The number of ketones is 1. The summed E-state index contributed by atoms with van der Waals surface area (Å²) in [6.45, 7) is 2.32. The second kappa shape index (κ2) is 10.2. The van der Waals surface area contributed by atoms with Gasteiger partial charge in [0.2, 0.25) is 0 Å². The minimum absolute atomic E-state index is 0.0336. The van der Waals surface area contributed by atoms with Gasteiger partial charge in [0.15, 0.2) is 5.78 Å². The van der Waals surface area contributed by atoms with Crippen molar-refractivity contribution in [3.63, 3.8) is 0 Å². The van der Waals surface area contributed by atoms with Gasteiger partial charge in [-0.3, -0.25) is 4.79 Å². The van der Waals surface area contributed by atoms with E-state index in [1.54, 1.807) is 7.11 Å². The number of nitrogens with one attached hydrogen (secondary N) is 1. The highest BCUT2D eigenvalue weighted by molar-refractivity contribution is 9.10. The Morgan fingerprint density at radius 3 is 2.39 bits per heavy atom. The number of esters is 1. The number of benzene rings is 2. The lowest BCUT2D eigenvalue weighted by atomic mass is 9.72. The molecule has 7 heteroatoms. The summed E-state index contributed by atoms with van der Waals surface area (Å²) in [6, 6.07) is 15.4. The molecule has 33 heavy (non-hydrogen) atoms. The van der Waals surface area contributed by atoms with E-state index < -0.39 is 11.9 Å². The lowest BCUT2D eigenvalue weighted by Gasteiger charge is -2.36. The summed E-state index contributed by atoms with van der Waals surface area (Å²) in [7, 11) is 1.56. The smallest absolute Gasteiger partial charge is 0.336 e. The average molecular weight is 531 g/mol. The van der Waals surface area contributed by atoms with E-state index in [0.717, 1.165) is 21.3 Å². The van der Waals surface area contributed by atoms with Crippen molar-refractivity contribution in [2.75, 3.05) is 20.3 Å². The van der Waals surface area contributed by atoms with Crippen LogP contribution in [-0.2, 0) is 19.1 Å². The van der Waals surface area contributed by atoms with Crippen LogP contribution in [-0.4, -0.2) is 32.1 Å². The number of methoxy groups -OCH3 is 1. The van der Waals surface area contributed by atoms with Crippen molar-refractivity contribution < 1.29 is 19.1 Å². The Balaban J connectivity index is 1.73. The molecule has 0 saturated heterocycles. The number of dihydropyridines is 1. The lowest BCUT2D eigenvalue weighted by Crippen LogP contribution is -2.36. The molecular weight excluding hydrogens is 506 g/mol. The molecule has 1 aliphatic carbocycles. The fourth-order valence-electron chi connectivity index (χ4n) is 4.56. The molecule has 0 saturated carbocycles. The molecule has 2 aromatic carbocycles. The molecule has 0 aromatic heterocycles. The Kier molecular flexibility index (Phi) is 7.37. The van der Waals surface area contributed by atoms with Crippen molar-refractivity contribution in [3.05, 3.63) is 91.7 Å². The minimum Gasteiger partial charge on any atom is -0.460 e. The number of carbonyl (C=O) groups excluding carboxylic acids is 2. The summed E-state index contributed by atoms with van der Waals surface area (Å²) in [5.74, 6) is -0.840. The molecule has 0 spiro atoms. The number of hydrogen-bond donors (Lipinski definition) is 1. The van der Waals surface area contributed by atoms with Crippen LogP contribution in [0, 0.1) is 0 Å². The van der Waals surface area contributed by atoms with Gasteiger partial charge in [-0.15, -0.1) is 0 Å². The van der Waals surface area contributed by atoms with E-state index >= 15 is 0 Å². The monoisotopic (exact) mass is 529 g/mol. The molecule has 1 heterocycles. The normalized spacial score (nSPS) is 20.4. The SMILES string of the molecule is COCCOC(=O)C1=C(C)NC2=C(C(=O)C[C@H](c3ccc(Cl)cc3)C2)[C@H]1c1ccc(Br)cc1. The van der Waals surface area contributed by atoms with E-state index in [9.17, 15) is 9.59 Å². The van der Waals surface area contributed by atoms with E-state index in [-0.39, 0.29) is 18.3 Å². The fraction of sp³-hybridized carbons (Fsp3) is 0.308. The largest absolute Gasteiger partial charge is 0.460 e. The number of hydrogen-bond acceptors (Lipinski definition) is 5. The topological polar surface area (TPSA) is 64.6 Å². The Morgan fingerprint density at radius 1 is 1.06 bits per heavy atom. The maximum atomic E-state index is 13.5. The van der Waals surface area contributed by atoms with Gasteiger partial charge in [0.05, 0.1) is 12.2 Å². The van der Waals surface area contributed by atoms with Gasteiger partial charge in [-0.2, -0.15) is 0 Å². The standard InChI is InChI=1S/C26H25BrClNO4/c1-15-23(26(31)33-12-11-32-2)24(17-3-7-19(27)8-4-17)25-21(29-15)13-18(14-22(25)30)16-5-9-20(28)10-6-16/h3-10,18,24,29H,11-14H2,1-2H3/t18-,24+/m1/s1. The van der Waals surface area contributed by atoms with Crippen molar-refractivity contribution >= 4 is 39.3 Å². The van der Waals surface area contributed by atoms with Crippen molar-refractivity contribution in [3.8, 4) is 0 Å². The van der Waals surface area contributed by atoms with Gasteiger partial charge in [-0.05, 0) is 54.7 Å². The minimum atomic E-state index is -0.483. The zero-order valence-corrected chi connectivity index (χ0v) is 20.8. The number of carbonyl (C=O) groups is 2.